The molecule has 0 aliphatic rings. The first-order chi connectivity index (χ1) is 11.3. The van der Waals surface area contributed by atoms with Crippen molar-refractivity contribution in [2.24, 2.45) is 4.99 Å². The molecule has 5 heteroatoms. The van der Waals surface area contributed by atoms with E-state index < -0.39 is 0 Å². The first-order valence-electron chi connectivity index (χ1n) is 7.82. The zero-order valence-electron chi connectivity index (χ0n) is 13.7. The summed E-state index contributed by atoms with van der Waals surface area (Å²) in [7, 11) is 1.76. The van der Waals surface area contributed by atoms with Gasteiger partial charge < -0.3 is 15.4 Å². The molecule has 0 atom stereocenters. The van der Waals surface area contributed by atoms with Crippen LogP contribution in [0.4, 0.5) is 0 Å². The Kier molecular flexibility index (Phi) is 6.91. The number of hydrogen-bond donors (Lipinski definition) is 2. The SMILES string of the molecule is CN=C(NCCOc1ccc(C)cc1)NCCc1ccccn1. The molecule has 0 radical (unpaired) electrons. The average Bonchev–Trinajstić information content (AvgIpc) is 2.59. The van der Waals surface area contributed by atoms with E-state index in [9.17, 15) is 0 Å². The summed E-state index contributed by atoms with van der Waals surface area (Å²) in [6.07, 6.45) is 2.67. The highest BCUT2D eigenvalue weighted by molar-refractivity contribution is 5.79. The highest BCUT2D eigenvalue weighted by atomic mass is 16.5. The van der Waals surface area contributed by atoms with Crippen molar-refractivity contribution in [3.8, 4) is 5.75 Å². The van der Waals surface area contributed by atoms with Crippen LogP contribution in [0.2, 0.25) is 0 Å². The van der Waals surface area contributed by atoms with Gasteiger partial charge in [0.05, 0.1) is 6.54 Å². The van der Waals surface area contributed by atoms with E-state index in [-0.39, 0.29) is 0 Å². The Hall–Kier alpha value is -2.56. The number of rotatable bonds is 7. The fourth-order valence-corrected chi connectivity index (χ4v) is 2.05. The lowest BCUT2D eigenvalue weighted by molar-refractivity contribution is 0.322. The number of nitrogens with zero attached hydrogens (tertiary/aromatic N) is 2. The fourth-order valence-electron chi connectivity index (χ4n) is 2.05. The third kappa shape index (κ3) is 6.38. The average molecular weight is 312 g/mol. The van der Waals surface area contributed by atoms with Crippen LogP contribution in [0.1, 0.15) is 11.3 Å². The molecule has 0 amide bonds. The Labute approximate surface area is 137 Å². The van der Waals surface area contributed by atoms with Gasteiger partial charge in [-0.15, -0.1) is 0 Å². The molecule has 0 aliphatic heterocycles. The Morgan fingerprint density at radius 1 is 1.09 bits per heavy atom. The van der Waals surface area contributed by atoms with Crippen LogP contribution in [0.5, 0.6) is 5.75 Å². The van der Waals surface area contributed by atoms with E-state index in [2.05, 4.69) is 27.5 Å². The van der Waals surface area contributed by atoms with Crippen LogP contribution in [0.25, 0.3) is 0 Å². The van der Waals surface area contributed by atoms with Gasteiger partial charge in [-0.05, 0) is 31.2 Å². The number of guanidine groups is 1. The molecule has 0 bridgehead atoms. The number of aromatic nitrogens is 1. The molecule has 0 saturated heterocycles. The van der Waals surface area contributed by atoms with Crippen molar-refractivity contribution in [3.63, 3.8) is 0 Å². The lowest BCUT2D eigenvalue weighted by atomic mass is 10.2. The summed E-state index contributed by atoms with van der Waals surface area (Å²) in [6.45, 7) is 4.13. The monoisotopic (exact) mass is 312 g/mol. The predicted octanol–water partition coefficient (Wildman–Crippen LogP) is 2.18. The van der Waals surface area contributed by atoms with Gasteiger partial charge >= 0.3 is 0 Å². The van der Waals surface area contributed by atoms with E-state index in [0.717, 1.165) is 30.4 Å². The van der Waals surface area contributed by atoms with Crippen LogP contribution < -0.4 is 15.4 Å². The quantitative estimate of drug-likeness (QED) is 0.467. The maximum Gasteiger partial charge on any atom is 0.191 e. The molecule has 0 unspecified atom stereocenters. The molecule has 0 spiro atoms. The zero-order chi connectivity index (χ0) is 16.3. The van der Waals surface area contributed by atoms with Crippen molar-refractivity contribution < 1.29 is 4.74 Å². The van der Waals surface area contributed by atoms with Crippen LogP contribution in [-0.4, -0.2) is 37.7 Å². The predicted molar refractivity (Wildman–Crippen MR) is 94.0 cm³/mol. The van der Waals surface area contributed by atoms with E-state index in [0.29, 0.717) is 13.2 Å². The molecule has 1 heterocycles. The van der Waals surface area contributed by atoms with Gasteiger partial charge in [0.1, 0.15) is 12.4 Å². The summed E-state index contributed by atoms with van der Waals surface area (Å²) >= 11 is 0. The molecular weight excluding hydrogens is 288 g/mol. The first-order valence-corrected chi connectivity index (χ1v) is 7.82. The summed E-state index contributed by atoms with van der Waals surface area (Å²) in [4.78, 5) is 8.49. The van der Waals surface area contributed by atoms with E-state index in [4.69, 9.17) is 4.74 Å². The Morgan fingerprint density at radius 3 is 2.57 bits per heavy atom. The molecule has 5 nitrogen and oxygen atoms in total. The standard InChI is InChI=1S/C18H24N4O/c1-15-6-8-17(9-7-15)23-14-13-22-18(19-2)21-12-10-16-5-3-4-11-20-16/h3-9,11H,10,12-14H2,1-2H3,(H2,19,21,22). The normalized spacial score (nSPS) is 11.1. The van der Waals surface area contributed by atoms with Gasteiger partial charge in [0, 0.05) is 31.9 Å². The van der Waals surface area contributed by atoms with E-state index in [1.807, 2.05) is 48.7 Å². The Morgan fingerprint density at radius 2 is 1.87 bits per heavy atom. The van der Waals surface area contributed by atoms with E-state index in [1.54, 1.807) is 7.05 Å². The molecule has 1 aromatic carbocycles. The number of benzene rings is 1. The molecule has 1 aromatic heterocycles. The van der Waals surface area contributed by atoms with E-state index >= 15 is 0 Å². The Bertz CT molecular complexity index is 596. The van der Waals surface area contributed by atoms with Gasteiger partial charge in [-0.25, -0.2) is 0 Å². The lowest BCUT2D eigenvalue weighted by Crippen LogP contribution is -2.40. The van der Waals surface area contributed by atoms with E-state index in [1.165, 1.54) is 5.56 Å². The number of nitrogens with one attached hydrogen (secondary N) is 2. The molecule has 2 N–H and O–H groups in total. The minimum absolute atomic E-state index is 0.587. The minimum atomic E-state index is 0.587. The maximum absolute atomic E-state index is 5.67. The zero-order valence-corrected chi connectivity index (χ0v) is 13.7. The highest BCUT2D eigenvalue weighted by Gasteiger charge is 1.99. The number of aryl methyl sites for hydroxylation is 1. The van der Waals surface area contributed by atoms with Crippen molar-refractivity contribution in [3.05, 3.63) is 59.9 Å². The summed E-state index contributed by atoms with van der Waals surface area (Å²) < 4.78 is 5.67. The van der Waals surface area contributed by atoms with Crippen LogP contribution in [0.15, 0.2) is 53.7 Å². The third-order valence-corrected chi connectivity index (χ3v) is 3.31. The van der Waals surface area contributed by atoms with Gasteiger partial charge in [0.15, 0.2) is 5.96 Å². The van der Waals surface area contributed by atoms with Crippen molar-refractivity contribution in [1.29, 1.82) is 0 Å². The van der Waals surface area contributed by atoms with Gasteiger partial charge in [0.25, 0.3) is 0 Å². The van der Waals surface area contributed by atoms with Crippen LogP contribution >= 0.6 is 0 Å². The summed E-state index contributed by atoms with van der Waals surface area (Å²) in [6, 6.07) is 14.0. The van der Waals surface area contributed by atoms with Crippen molar-refractivity contribution in [2.45, 2.75) is 13.3 Å². The van der Waals surface area contributed by atoms with Crippen molar-refractivity contribution in [2.75, 3.05) is 26.7 Å². The topological polar surface area (TPSA) is 58.5 Å². The van der Waals surface area contributed by atoms with Gasteiger partial charge in [-0.2, -0.15) is 0 Å². The molecule has 0 saturated carbocycles. The van der Waals surface area contributed by atoms with Crippen LogP contribution in [0, 0.1) is 6.92 Å². The molecule has 122 valence electrons. The third-order valence-electron chi connectivity index (χ3n) is 3.31. The molecule has 23 heavy (non-hydrogen) atoms. The minimum Gasteiger partial charge on any atom is -0.492 e. The second-order valence-corrected chi connectivity index (χ2v) is 5.16. The van der Waals surface area contributed by atoms with Crippen LogP contribution in [0.3, 0.4) is 0 Å². The second-order valence-electron chi connectivity index (χ2n) is 5.16. The summed E-state index contributed by atoms with van der Waals surface area (Å²) in [5, 5.41) is 6.50. The van der Waals surface area contributed by atoms with Gasteiger partial charge in [0.2, 0.25) is 0 Å². The summed E-state index contributed by atoms with van der Waals surface area (Å²) in [5.41, 5.74) is 2.30. The number of pyridine rings is 1. The molecule has 0 aliphatic carbocycles. The number of ether oxygens (including phenoxy) is 1. The Balaban J connectivity index is 1.62. The fraction of sp³-hybridized carbons (Fsp3) is 0.333. The first kappa shape index (κ1) is 16.8. The van der Waals surface area contributed by atoms with Crippen molar-refractivity contribution in [1.82, 2.24) is 15.6 Å². The lowest BCUT2D eigenvalue weighted by Gasteiger charge is -2.12. The van der Waals surface area contributed by atoms with Crippen LogP contribution in [-0.2, 0) is 6.42 Å². The highest BCUT2D eigenvalue weighted by Crippen LogP contribution is 2.10. The van der Waals surface area contributed by atoms with Gasteiger partial charge in [-0.3, -0.25) is 9.98 Å². The van der Waals surface area contributed by atoms with Gasteiger partial charge in [-0.1, -0.05) is 23.8 Å². The largest absolute Gasteiger partial charge is 0.492 e. The number of hydrogen-bond acceptors (Lipinski definition) is 3. The molecular formula is C18H24N4O. The smallest absolute Gasteiger partial charge is 0.191 e. The summed E-state index contributed by atoms with van der Waals surface area (Å²) in [5.74, 6) is 1.66. The number of aliphatic imine (C=N–C) groups is 1. The maximum atomic E-state index is 5.67. The molecule has 0 fully saturated rings. The molecule has 2 rings (SSSR count). The van der Waals surface area contributed by atoms with Crippen molar-refractivity contribution >= 4 is 5.96 Å². The molecule has 2 aromatic rings. The second kappa shape index (κ2) is 9.46.